The maximum absolute atomic E-state index is 12.7. The summed E-state index contributed by atoms with van der Waals surface area (Å²) < 4.78 is 12.7. The van der Waals surface area contributed by atoms with Gasteiger partial charge >= 0.3 is 5.97 Å². The molecule has 1 aliphatic heterocycles. The monoisotopic (exact) mass is 279 g/mol. The Morgan fingerprint density at radius 1 is 1.30 bits per heavy atom. The summed E-state index contributed by atoms with van der Waals surface area (Å²) in [6, 6.07) is 4.54. The number of carbonyl (C=O) groups excluding carboxylic acids is 1. The predicted molar refractivity (Wildman–Crippen MR) is 69.2 cm³/mol. The smallest absolute Gasteiger partial charge is 0.326 e. The summed E-state index contributed by atoms with van der Waals surface area (Å²) in [6.45, 7) is 0.00353. The number of aliphatic carboxylic acids is 1. The lowest BCUT2D eigenvalue weighted by Gasteiger charge is -2.19. The number of aliphatic hydroxyl groups is 1. The molecule has 1 fully saturated rings. The highest BCUT2D eigenvalue weighted by Crippen LogP contribution is 2.19. The van der Waals surface area contributed by atoms with Crippen molar-refractivity contribution in [1.82, 2.24) is 4.90 Å². The van der Waals surface area contributed by atoms with E-state index in [0.29, 0.717) is 5.56 Å². The Bertz CT molecular complexity index is 541. The second-order valence-corrected chi connectivity index (χ2v) is 4.62. The third-order valence-corrected chi connectivity index (χ3v) is 3.14. The van der Waals surface area contributed by atoms with Gasteiger partial charge in [0.2, 0.25) is 5.91 Å². The van der Waals surface area contributed by atoms with Gasteiger partial charge in [0.25, 0.3) is 0 Å². The number of halogens is 1. The van der Waals surface area contributed by atoms with Crippen molar-refractivity contribution in [3.8, 4) is 0 Å². The highest BCUT2D eigenvalue weighted by molar-refractivity contribution is 5.94. The number of rotatable bonds is 3. The SMILES string of the molecule is O=C(O)[C@@H]1C[C@H](O)CN1C(=O)C=Cc1ccc(F)cc1. The first-order valence-corrected chi connectivity index (χ1v) is 6.12. The number of carboxylic acid groups (broad SMARTS) is 1. The van der Waals surface area contributed by atoms with Crippen molar-refractivity contribution in [3.05, 3.63) is 41.7 Å². The average Bonchev–Trinajstić information content (AvgIpc) is 2.80. The van der Waals surface area contributed by atoms with Crippen LogP contribution in [0.2, 0.25) is 0 Å². The fourth-order valence-electron chi connectivity index (χ4n) is 2.13. The number of carboxylic acids is 1. The lowest BCUT2D eigenvalue weighted by atomic mass is 10.2. The van der Waals surface area contributed by atoms with Crippen molar-refractivity contribution in [3.63, 3.8) is 0 Å². The number of amides is 1. The number of carbonyl (C=O) groups is 2. The minimum absolute atomic E-state index is 0.00353. The van der Waals surface area contributed by atoms with Crippen LogP contribution in [0.5, 0.6) is 0 Å². The van der Waals surface area contributed by atoms with E-state index in [1.54, 1.807) is 0 Å². The van der Waals surface area contributed by atoms with E-state index in [1.165, 1.54) is 36.4 Å². The van der Waals surface area contributed by atoms with Gasteiger partial charge in [0.15, 0.2) is 0 Å². The van der Waals surface area contributed by atoms with Gasteiger partial charge in [0, 0.05) is 19.0 Å². The van der Waals surface area contributed by atoms with Gasteiger partial charge in [0.1, 0.15) is 11.9 Å². The summed E-state index contributed by atoms with van der Waals surface area (Å²) in [5.74, 6) is -1.99. The van der Waals surface area contributed by atoms with E-state index in [-0.39, 0.29) is 18.8 Å². The molecule has 2 atom stereocenters. The molecule has 2 rings (SSSR count). The van der Waals surface area contributed by atoms with Crippen molar-refractivity contribution >= 4 is 18.0 Å². The second kappa shape index (κ2) is 5.83. The van der Waals surface area contributed by atoms with Crippen molar-refractivity contribution in [1.29, 1.82) is 0 Å². The van der Waals surface area contributed by atoms with E-state index in [4.69, 9.17) is 5.11 Å². The molecular formula is C14H14FNO4. The first kappa shape index (κ1) is 14.2. The summed E-state index contributed by atoms with van der Waals surface area (Å²) in [5.41, 5.74) is 0.631. The molecule has 1 aliphatic rings. The highest BCUT2D eigenvalue weighted by atomic mass is 19.1. The van der Waals surface area contributed by atoms with Crippen molar-refractivity contribution in [2.75, 3.05) is 6.54 Å². The number of hydrogen-bond acceptors (Lipinski definition) is 3. The fraction of sp³-hybridized carbons (Fsp3) is 0.286. The van der Waals surface area contributed by atoms with Gasteiger partial charge in [-0.15, -0.1) is 0 Å². The lowest BCUT2D eigenvalue weighted by molar-refractivity contribution is -0.146. The molecule has 0 bridgehead atoms. The summed E-state index contributed by atoms with van der Waals surface area (Å²) in [7, 11) is 0. The van der Waals surface area contributed by atoms with Crippen LogP contribution in [0.4, 0.5) is 4.39 Å². The Hall–Kier alpha value is -2.21. The zero-order valence-corrected chi connectivity index (χ0v) is 10.6. The molecule has 0 unspecified atom stereocenters. The Kier molecular flexibility index (Phi) is 4.14. The molecule has 1 heterocycles. The summed E-state index contributed by atoms with van der Waals surface area (Å²) in [4.78, 5) is 24.1. The summed E-state index contributed by atoms with van der Waals surface area (Å²) >= 11 is 0. The van der Waals surface area contributed by atoms with Crippen LogP contribution in [0.15, 0.2) is 30.3 Å². The van der Waals surface area contributed by atoms with Crippen molar-refractivity contribution < 1.29 is 24.2 Å². The van der Waals surface area contributed by atoms with Crippen LogP contribution in [0.25, 0.3) is 6.08 Å². The van der Waals surface area contributed by atoms with Gasteiger partial charge < -0.3 is 15.1 Å². The molecule has 0 aliphatic carbocycles. The highest BCUT2D eigenvalue weighted by Gasteiger charge is 2.37. The van der Waals surface area contributed by atoms with E-state index >= 15 is 0 Å². The van der Waals surface area contributed by atoms with Gasteiger partial charge in [-0.1, -0.05) is 12.1 Å². The zero-order chi connectivity index (χ0) is 14.7. The summed E-state index contributed by atoms with van der Waals surface area (Å²) in [5, 5.41) is 18.5. The third kappa shape index (κ3) is 3.21. The predicted octanol–water partition coefficient (Wildman–Crippen LogP) is 0.885. The molecule has 0 aromatic heterocycles. The van der Waals surface area contributed by atoms with Crippen molar-refractivity contribution in [2.45, 2.75) is 18.6 Å². The third-order valence-electron chi connectivity index (χ3n) is 3.14. The van der Waals surface area contributed by atoms with Crippen molar-refractivity contribution in [2.24, 2.45) is 0 Å². The minimum Gasteiger partial charge on any atom is -0.480 e. The van der Waals surface area contributed by atoms with E-state index in [1.807, 2.05) is 0 Å². The van der Waals surface area contributed by atoms with Gasteiger partial charge in [-0.2, -0.15) is 0 Å². The number of nitrogens with zero attached hydrogens (tertiary/aromatic N) is 1. The number of β-amino-alcohol motifs (C(OH)–C–C–N with tert-alkyl or cyclic N) is 1. The van der Waals surface area contributed by atoms with Crippen LogP contribution in [0.3, 0.4) is 0 Å². The van der Waals surface area contributed by atoms with Crippen LogP contribution in [0.1, 0.15) is 12.0 Å². The van der Waals surface area contributed by atoms with Gasteiger partial charge in [-0.3, -0.25) is 4.79 Å². The van der Waals surface area contributed by atoms with Gasteiger partial charge in [0.05, 0.1) is 6.10 Å². The molecule has 1 aromatic rings. The fourth-order valence-corrected chi connectivity index (χ4v) is 2.13. The molecular weight excluding hydrogens is 265 g/mol. The van der Waals surface area contributed by atoms with Crippen LogP contribution in [-0.4, -0.2) is 45.7 Å². The van der Waals surface area contributed by atoms with Crippen LogP contribution in [0, 0.1) is 5.82 Å². The van der Waals surface area contributed by atoms with E-state index in [2.05, 4.69) is 0 Å². The largest absolute Gasteiger partial charge is 0.480 e. The number of likely N-dealkylation sites (tertiary alicyclic amines) is 1. The number of hydrogen-bond donors (Lipinski definition) is 2. The van der Waals surface area contributed by atoms with Crippen LogP contribution >= 0.6 is 0 Å². The first-order chi connectivity index (χ1) is 9.47. The molecule has 0 saturated carbocycles. The van der Waals surface area contributed by atoms with Crippen LogP contribution in [-0.2, 0) is 9.59 Å². The zero-order valence-electron chi connectivity index (χ0n) is 10.6. The maximum atomic E-state index is 12.7. The lowest BCUT2D eigenvalue weighted by Crippen LogP contribution is -2.39. The van der Waals surface area contributed by atoms with E-state index in [9.17, 15) is 19.1 Å². The molecule has 6 heteroatoms. The molecule has 106 valence electrons. The first-order valence-electron chi connectivity index (χ1n) is 6.12. The van der Waals surface area contributed by atoms with E-state index < -0.39 is 24.0 Å². The molecule has 0 spiro atoms. The molecule has 5 nitrogen and oxygen atoms in total. The maximum Gasteiger partial charge on any atom is 0.326 e. The minimum atomic E-state index is -1.13. The molecule has 1 amide bonds. The Labute approximate surface area is 114 Å². The molecule has 0 radical (unpaired) electrons. The van der Waals surface area contributed by atoms with E-state index in [0.717, 1.165) is 4.90 Å². The molecule has 20 heavy (non-hydrogen) atoms. The number of aliphatic hydroxyl groups excluding tert-OH is 1. The van der Waals surface area contributed by atoms with Gasteiger partial charge in [-0.25, -0.2) is 9.18 Å². The quantitative estimate of drug-likeness (QED) is 0.805. The number of benzene rings is 1. The Morgan fingerprint density at radius 3 is 2.55 bits per heavy atom. The Morgan fingerprint density at radius 2 is 1.95 bits per heavy atom. The standard InChI is InChI=1S/C14H14FNO4/c15-10-4-1-9(2-5-10)3-6-13(18)16-8-11(17)7-12(16)14(19)20/h1-6,11-12,17H,7-8H2,(H,19,20)/t11-,12-/m0/s1. The molecule has 2 N–H and O–H groups in total. The molecule has 1 aromatic carbocycles. The topological polar surface area (TPSA) is 77.8 Å². The second-order valence-electron chi connectivity index (χ2n) is 4.62. The average molecular weight is 279 g/mol. The normalized spacial score (nSPS) is 22.4. The molecule has 1 saturated heterocycles. The summed E-state index contributed by atoms with van der Waals surface area (Å²) in [6.07, 6.45) is 1.91. The van der Waals surface area contributed by atoms with Crippen LogP contribution < -0.4 is 0 Å². The van der Waals surface area contributed by atoms with Gasteiger partial charge in [-0.05, 0) is 23.8 Å². The Balaban J connectivity index is 2.07.